The first-order chi connectivity index (χ1) is 10.1. The zero-order valence-corrected chi connectivity index (χ0v) is 15.2. The highest BCUT2D eigenvalue weighted by Crippen LogP contribution is 2.69. The van der Waals surface area contributed by atoms with E-state index in [0.29, 0.717) is 30.4 Å². The van der Waals surface area contributed by atoms with Crippen LogP contribution in [0.15, 0.2) is 0 Å². The van der Waals surface area contributed by atoms with Crippen molar-refractivity contribution in [3.8, 4) is 0 Å². The molecule has 126 valence electrons. The molecule has 3 rings (SSSR count). The summed E-state index contributed by atoms with van der Waals surface area (Å²) in [5, 5.41) is 3.42. The molecule has 1 heterocycles. The maximum Gasteiger partial charge on any atom is 0.219 e. The van der Waals surface area contributed by atoms with Gasteiger partial charge in [0.25, 0.3) is 0 Å². The maximum atomic E-state index is 12.1. The van der Waals surface area contributed by atoms with Crippen LogP contribution in [0.2, 0.25) is 0 Å². The lowest BCUT2D eigenvalue weighted by Gasteiger charge is -2.55. The van der Waals surface area contributed by atoms with Crippen LogP contribution in [0.5, 0.6) is 0 Å². The molecular weight excluding hydrogens is 274 g/mol. The summed E-state index contributed by atoms with van der Waals surface area (Å²) in [6.07, 6.45) is 4.56. The van der Waals surface area contributed by atoms with Gasteiger partial charge in [-0.3, -0.25) is 4.79 Å². The minimum absolute atomic E-state index is 0.173. The normalized spacial score (nSPS) is 43.0. The standard InChI is InChI=1S/C19H33NO2/c1-7-14(21)20-16-18(5,6)12-10-13-15(17(2,3)4)22-9-8-19(13,16)11-12/h12-13,15-16H,7-11H2,1-6H3,(H,20,21)/t12-,13-,15+,16-,19?/m1/s1. The predicted octanol–water partition coefficient (Wildman–Crippen LogP) is 3.77. The van der Waals surface area contributed by atoms with Crippen LogP contribution in [0, 0.1) is 28.1 Å². The lowest BCUT2D eigenvalue weighted by Crippen LogP contribution is -2.61. The van der Waals surface area contributed by atoms with E-state index in [1.165, 1.54) is 12.8 Å². The lowest BCUT2D eigenvalue weighted by molar-refractivity contribution is -0.159. The number of fused-ring (bicyclic) bond motifs is 1. The molecule has 22 heavy (non-hydrogen) atoms. The van der Waals surface area contributed by atoms with Crippen LogP contribution in [0.3, 0.4) is 0 Å². The summed E-state index contributed by atoms with van der Waals surface area (Å²) < 4.78 is 6.24. The van der Waals surface area contributed by atoms with Gasteiger partial charge in [-0.1, -0.05) is 41.5 Å². The molecular formula is C19H33NO2. The maximum absolute atomic E-state index is 12.1. The second-order valence-electron chi connectivity index (χ2n) is 9.56. The zero-order valence-electron chi connectivity index (χ0n) is 15.2. The molecule has 2 saturated carbocycles. The average molecular weight is 307 g/mol. The van der Waals surface area contributed by atoms with E-state index in [4.69, 9.17) is 4.74 Å². The van der Waals surface area contributed by atoms with Crippen LogP contribution in [0.25, 0.3) is 0 Å². The SMILES string of the molecule is CCC(=O)N[C@@H]1C(C)(C)[C@@H]2C[C@@H]3[C@@H](C(C)(C)C)OCCC31C2. The summed E-state index contributed by atoms with van der Waals surface area (Å²) in [5.74, 6) is 1.52. The minimum Gasteiger partial charge on any atom is -0.377 e. The molecule has 0 radical (unpaired) electrons. The summed E-state index contributed by atoms with van der Waals surface area (Å²) in [5.41, 5.74) is 0.641. The van der Waals surface area contributed by atoms with Crippen molar-refractivity contribution in [1.29, 1.82) is 0 Å². The number of carbonyl (C=O) groups excluding carboxylic acids is 1. The van der Waals surface area contributed by atoms with Crippen LogP contribution < -0.4 is 5.32 Å². The molecule has 0 aromatic rings. The smallest absolute Gasteiger partial charge is 0.219 e. The number of carbonyl (C=O) groups is 1. The van der Waals surface area contributed by atoms with E-state index in [1.54, 1.807) is 0 Å². The van der Waals surface area contributed by atoms with E-state index in [1.807, 2.05) is 6.92 Å². The third-order valence-electron chi connectivity index (χ3n) is 6.98. The van der Waals surface area contributed by atoms with Crippen molar-refractivity contribution in [2.24, 2.45) is 28.1 Å². The summed E-state index contributed by atoms with van der Waals surface area (Å²) >= 11 is 0. The molecule has 2 bridgehead atoms. The van der Waals surface area contributed by atoms with Crippen molar-refractivity contribution in [3.63, 3.8) is 0 Å². The van der Waals surface area contributed by atoms with Crippen molar-refractivity contribution >= 4 is 5.91 Å². The minimum atomic E-state index is 0.173. The van der Waals surface area contributed by atoms with Gasteiger partial charge in [0.1, 0.15) is 0 Å². The molecule has 1 N–H and O–H groups in total. The van der Waals surface area contributed by atoms with Gasteiger partial charge >= 0.3 is 0 Å². The fourth-order valence-corrected chi connectivity index (χ4v) is 5.91. The molecule has 3 nitrogen and oxygen atoms in total. The molecule has 1 saturated heterocycles. The monoisotopic (exact) mass is 307 g/mol. The largest absolute Gasteiger partial charge is 0.377 e. The first-order valence-corrected chi connectivity index (χ1v) is 9.04. The van der Waals surface area contributed by atoms with E-state index < -0.39 is 0 Å². The number of hydrogen-bond acceptors (Lipinski definition) is 2. The summed E-state index contributed by atoms with van der Waals surface area (Å²) in [4.78, 5) is 12.1. The van der Waals surface area contributed by atoms with Gasteiger partial charge in [0.2, 0.25) is 5.91 Å². The Labute approximate surface area is 135 Å². The molecule has 3 aliphatic rings. The third-order valence-corrected chi connectivity index (χ3v) is 6.98. The Balaban J connectivity index is 1.95. The second kappa shape index (κ2) is 4.96. The van der Waals surface area contributed by atoms with Gasteiger partial charge in [-0.25, -0.2) is 0 Å². The van der Waals surface area contributed by atoms with Gasteiger partial charge in [-0.2, -0.15) is 0 Å². The van der Waals surface area contributed by atoms with Crippen LogP contribution >= 0.6 is 0 Å². The van der Waals surface area contributed by atoms with E-state index in [-0.39, 0.29) is 22.2 Å². The lowest BCUT2D eigenvalue weighted by atomic mass is 9.57. The second-order valence-corrected chi connectivity index (χ2v) is 9.56. The zero-order chi connectivity index (χ0) is 16.3. The Morgan fingerprint density at radius 2 is 2.00 bits per heavy atom. The van der Waals surface area contributed by atoms with Crippen molar-refractivity contribution in [1.82, 2.24) is 5.32 Å². The first-order valence-electron chi connectivity index (χ1n) is 9.04. The average Bonchev–Trinajstić information content (AvgIpc) is 2.90. The molecule has 1 spiro atoms. The summed E-state index contributed by atoms with van der Waals surface area (Å²) in [6, 6.07) is 0.310. The van der Waals surface area contributed by atoms with Gasteiger partial charge in [0, 0.05) is 19.1 Å². The van der Waals surface area contributed by atoms with Gasteiger partial charge < -0.3 is 10.1 Å². The van der Waals surface area contributed by atoms with Crippen LogP contribution in [-0.2, 0) is 9.53 Å². The number of amides is 1. The van der Waals surface area contributed by atoms with Crippen LogP contribution in [-0.4, -0.2) is 24.7 Å². The van der Waals surface area contributed by atoms with E-state index in [9.17, 15) is 4.79 Å². The van der Waals surface area contributed by atoms with Gasteiger partial charge in [0.15, 0.2) is 0 Å². The Kier molecular flexibility index (Phi) is 3.67. The Hall–Kier alpha value is -0.570. The summed E-state index contributed by atoms with van der Waals surface area (Å²) in [6.45, 7) is 14.4. The molecule has 0 aromatic heterocycles. The Bertz CT molecular complexity index is 465. The quantitative estimate of drug-likeness (QED) is 0.843. The molecule has 2 aliphatic carbocycles. The highest BCUT2D eigenvalue weighted by atomic mass is 16.5. The van der Waals surface area contributed by atoms with E-state index >= 15 is 0 Å². The number of hydrogen-bond donors (Lipinski definition) is 1. The van der Waals surface area contributed by atoms with E-state index in [2.05, 4.69) is 39.9 Å². The number of nitrogens with one attached hydrogen (secondary N) is 1. The molecule has 1 unspecified atom stereocenters. The van der Waals surface area contributed by atoms with Crippen molar-refractivity contribution < 1.29 is 9.53 Å². The van der Waals surface area contributed by atoms with Crippen LogP contribution in [0.4, 0.5) is 0 Å². The summed E-state index contributed by atoms with van der Waals surface area (Å²) in [7, 11) is 0. The predicted molar refractivity (Wildman–Crippen MR) is 88.5 cm³/mol. The van der Waals surface area contributed by atoms with Crippen molar-refractivity contribution in [3.05, 3.63) is 0 Å². The van der Waals surface area contributed by atoms with Crippen molar-refractivity contribution in [2.45, 2.75) is 79.4 Å². The first kappa shape index (κ1) is 16.3. The fraction of sp³-hybridized carbons (Fsp3) is 0.947. The highest BCUT2D eigenvalue weighted by Gasteiger charge is 2.69. The van der Waals surface area contributed by atoms with Crippen molar-refractivity contribution in [2.75, 3.05) is 6.61 Å². The fourth-order valence-electron chi connectivity index (χ4n) is 5.91. The molecule has 5 atom stereocenters. The molecule has 0 aromatic carbocycles. The number of rotatable bonds is 2. The van der Waals surface area contributed by atoms with Gasteiger partial charge in [-0.05, 0) is 47.3 Å². The molecule has 1 amide bonds. The third kappa shape index (κ3) is 2.15. The molecule has 3 fully saturated rings. The Morgan fingerprint density at radius 3 is 2.59 bits per heavy atom. The van der Waals surface area contributed by atoms with Gasteiger partial charge in [-0.15, -0.1) is 0 Å². The number of ether oxygens (including phenoxy) is 1. The molecule has 3 heteroatoms. The molecule has 1 aliphatic heterocycles. The highest BCUT2D eigenvalue weighted by molar-refractivity contribution is 5.76. The topological polar surface area (TPSA) is 38.3 Å². The van der Waals surface area contributed by atoms with Crippen LogP contribution in [0.1, 0.15) is 67.2 Å². The van der Waals surface area contributed by atoms with E-state index in [0.717, 1.165) is 13.0 Å². The Morgan fingerprint density at radius 1 is 1.32 bits per heavy atom. The van der Waals surface area contributed by atoms with Gasteiger partial charge in [0.05, 0.1) is 6.10 Å².